The molecule has 0 aromatic carbocycles. The second-order valence-electron chi connectivity index (χ2n) is 6.41. The summed E-state index contributed by atoms with van der Waals surface area (Å²) in [5, 5.41) is 3.32. The molecule has 0 aliphatic rings. The van der Waals surface area contributed by atoms with Crippen molar-refractivity contribution in [3.8, 4) is 0 Å². The fraction of sp³-hybridized carbons (Fsp3) is 0.500. The van der Waals surface area contributed by atoms with E-state index in [0.29, 0.717) is 5.69 Å². The predicted octanol–water partition coefficient (Wildman–Crippen LogP) is 3.66. The number of pyridine rings is 1. The van der Waals surface area contributed by atoms with E-state index in [1.54, 1.807) is 18.5 Å². The number of aryl methyl sites for hydroxylation is 2. The minimum Gasteiger partial charge on any atom is -0.370 e. The van der Waals surface area contributed by atoms with Gasteiger partial charge in [-0.1, -0.05) is 19.4 Å². The van der Waals surface area contributed by atoms with Crippen molar-refractivity contribution in [3.63, 3.8) is 0 Å². The highest BCUT2D eigenvalue weighted by atomic mass is 19.1. The Morgan fingerprint density at radius 3 is 2.58 bits per heavy atom. The van der Waals surface area contributed by atoms with E-state index in [1.165, 1.54) is 13.8 Å². The molecule has 0 fully saturated rings. The van der Waals surface area contributed by atoms with Gasteiger partial charge in [0.15, 0.2) is 0 Å². The Balaban J connectivity index is 2.03. The zero-order valence-corrected chi connectivity index (χ0v) is 14.6. The fourth-order valence-electron chi connectivity index (χ4n) is 2.34. The van der Waals surface area contributed by atoms with E-state index in [9.17, 15) is 4.39 Å². The van der Waals surface area contributed by atoms with E-state index in [1.807, 2.05) is 6.07 Å². The second-order valence-corrected chi connectivity index (χ2v) is 6.41. The monoisotopic (exact) mass is 331 g/mol. The van der Waals surface area contributed by atoms with E-state index in [4.69, 9.17) is 5.73 Å². The number of hydrogen-bond acceptors (Lipinski definition) is 5. The van der Waals surface area contributed by atoms with Gasteiger partial charge in [-0.25, -0.2) is 9.37 Å². The second kappa shape index (κ2) is 8.04. The SMILES string of the molecule is CCCCNc1nc(N)ncc1CCc1ccc(C(C)(C)F)nc1. The smallest absolute Gasteiger partial charge is 0.221 e. The number of nitrogens with one attached hydrogen (secondary N) is 1. The molecule has 6 heteroatoms. The number of nitrogen functional groups attached to an aromatic ring is 1. The summed E-state index contributed by atoms with van der Waals surface area (Å²) in [4.78, 5) is 12.6. The highest BCUT2D eigenvalue weighted by Gasteiger charge is 2.19. The molecular formula is C18H26FN5. The molecule has 2 aromatic heterocycles. The Kier molecular flexibility index (Phi) is 6.06. The van der Waals surface area contributed by atoms with Gasteiger partial charge in [0.05, 0.1) is 5.69 Å². The molecule has 2 rings (SSSR count). The Hall–Kier alpha value is -2.24. The molecule has 0 aliphatic heterocycles. The van der Waals surface area contributed by atoms with E-state index in [2.05, 4.69) is 27.2 Å². The summed E-state index contributed by atoms with van der Waals surface area (Å²) in [5.41, 5.74) is 6.80. The Bertz CT molecular complexity index is 649. The Morgan fingerprint density at radius 2 is 1.96 bits per heavy atom. The summed E-state index contributed by atoms with van der Waals surface area (Å²) >= 11 is 0. The number of alkyl halides is 1. The topological polar surface area (TPSA) is 76.7 Å². The fourth-order valence-corrected chi connectivity index (χ4v) is 2.34. The lowest BCUT2D eigenvalue weighted by molar-refractivity contribution is 0.214. The van der Waals surface area contributed by atoms with Crippen LogP contribution in [-0.4, -0.2) is 21.5 Å². The largest absolute Gasteiger partial charge is 0.370 e. The van der Waals surface area contributed by atoms with Crippen LogP contribution in [0.2, 0.25) is 0 Å². The van der Waals surface area contributed by atoms with Crippen LogP contribution in [0.25, 0.3) is 0 Å². The van der Waals surface area contributed by atoms with Crippen LogP contribution in [0.3, 0.4) is 0 Å². The first-order chi connectivity index (χ1) is 11.4. The van der Waals surface area contributed by atoms with E-state index in [0.717, 1.165) is 49.2 Å². The van der Waals surface area contributed by atoms with Gasteiger partial charge in [0.2, 0.25) is 5.95 Å². The number of halogens is 1. The van der Waals surface area contributed by atoms with Crippen LogP contribution >= 0.6 is 0 Å². The lowest BCUT2D eigenvalue weighted by Gasteiger charge is -2.14. The number of anilines is 2. The number of nitrogens with two attached hydrogens (primary N) is 1. The molecule has 2 heterocycles. The molecular weight excluding hydrogens is 305 g/mol. The van der Waals surface area contributed by atoms with Gasteiger partial charge in [-0.15, -0.1) is 0 Å². The molecule has 0 saturated carbocycles. The first kappa shape index (κ1) is 18.1. The molecule has 24 heavy (non-hydrogen) atoms. The standard InChI is InChI=1S/C18H26FN5/c1-4-5-10-21-16-14(12-23-17(20)24-16)8-6-13-7-9-15(22-11-13)18(2,3)19/h7,9,11-12H,4-6,8,10H2,1-3H3,(H3,20,21,23,24). The van der Waals surface area contributed by atoms with Crippen molar-refractivity contribution in [1.29, 1.82) is 0 Å². The molecule has 0 saturated heterocycles. The molecule has 0 radical (unpaired) electrons. The van der Waals surface area contributed by atoms with Gasteiger partial charge in [0.25, 0.3) is 0 Å². The Morgan fingerprint density at radius 1 is 1.17 bits per heavy atom. The van der Waals surface area contributed by atoms with Crippen molar-refractivity contribution >= 4 is 11.8 Å². The van der Waals surface area contributed by atoms with Crippen molar-refractivity contribution in [2.75, 3.05) is 17.6 Å². The number of aromatic nitrogens is 3. The summed E-state index contributed by atoms with van der Waals surface area (Å²) in [6.07, 6.45) is 7.26. The third kappa shape index (κ3) is 5.15. The first-order valence-electron chi connectivity index (χ1n) is 8.39. The maximum absolute atomic E-state index is 13.8. The highest BCUT2D eigenvalue weighted by molar-refractivity contribution is 5.46. The van der Waals surface area contributed by atoms with Crippen molar-refractivity contribution in [2.24, 2.45) is 0 Å². The molecule has 0 spiro atoms. The summed E-state index contributed by atoms with van der Waals surface area (Å²) in [6, 6.07) is 3.67. The summed E-state index contributed by atoms with van der Waals surface area (Å²) < 4.78 is 13.8. The van der Waals surface area contributed by atoms with Crippen molar-refractivity contribution in [2.45, 2.75) is 52.1 Å². The predicted molar refractivity (Wildman–Crippen MR) is 95.6 cm³/mol. The maximum atomic E-state index is 13.8. The summed E-state index contributed by atoms with van der Waals surface area (Å²) in [6.45, 7) is 6.03. The number of hydrogen-bond donors (Lipinski definition) is 2. The third-order valence-electron chi connectivity index (χ3n) is 3.82. The zero-order chi connectivity index (χ0) is 17.6. The average molecular weight is 331 g/mol. The van der Waals surface area contributed by atoms with Gasteiger partial charge < -0.3 is 11.1 Å². The maximum Gasteiger partial charge on any atom is 0.221 e. The lowest BCUT2D eigenvalue weighted by atomic mass is 10.0. The number of unbranched alkanes of at least 4 members (excludes halogenated alkanes) is 1. The molecule has 5 nitrogen and oxygen atoms in total. The van der Waals surface area contributed by atoms with Gasteiger partial charge in [-0.05, 0) is 44.7 Å². The van der Waals surface area contributed by atoms with Crippen LogP contribution < -0.4 is 11.1 Å². The molecule has 130 valence electrons. The van der Waals surface area contributed by atoms with Gasteiger partial charge in [0, 0.05) is 24.5 Å². The summed E-state index contributed by atoms with van der Waals surface area (Å²) in [5.74, 6) is 1.07. The van der Waals surface area contributed by atoms with Gasteiger partial charge in [-0.2, -0.15) is 4.98 Å². The van der Waals surface area contributed by atoms with Gasteiger partial charge >= 0.3 is 0 Å². The van der Waals surface area contributed by atoms with Crippen molar-refractivity contribution in [3.05, 3.63) is 41.3 Å². The van der Waals surface area contributed by atoms with E-state index < -0.39 is 5.67 Å². The van der Waals surface area contributed by atoms with Crippen LogP contribution in [-0.2, 0) is 18.5 Å². The number of rotatable bonds is 8. The van der Waals surface area contributed by atoms with Crippen LogP contribution in [0.5, 0.6) is 0 Å². The van der Waals surface area contributed by atoms with Gasteiger partial charge in [-0.3, -0.25) is 4.98 Å². The highest BCUT2D eigenvalue weighted by Crippen LogP contribution is 2.22. The van der Waals surface area contributed by atoms with Crippen LogP contribution in [0.1, 0.15) is 50.4 Å². The molecule has 0 aliphatic carbocycles. The van der Waals surface area contributed by atoms with Gasteiger partial charge in [0.1, 0.15) is 11.5 Å². The molecule has 0 unspecified atom stereocenters. The lowest BCUT2D eigenvalue weighted by Crippen LogP contribution is -2.12. The number of nitrogens with zero attached hydrogens (tertiary/aromatic N) is 3. The first-order valence-corrected chi connectivity index (χ1v) is 8.39. The van der Waals surface area contributed by atoms with E-state index >= 15 is 0 Å². The zero-order valence-electron chi connectivity index (χ0n) is 14.6. The Labute approximate surface area is 142 Å². The third-order valence-corrected chi connectivity index (χ3v) is 3.82. The minimum atomic E-state index is -1.42. The summed E-state index contributed by atoms with van der Waals surface area (Å²) in [7, 11) is 0. The van der Waals surface area contributed by atoms with Crippen LogP contribution in [0, 0.1) is 0 Å². The normalized spacial score (nSPS) is 11.5. The average Bonchev–Trinajstić information content (AvgIpc) is 2.54. The molecule has 0 atom stereocenters. The van der Waals surface area contributed by atoms with Crippen LogP contribution in [0.15, 0.2) is 24.5 Å². The van der Waals surface area contributed by atoms with Crippen molar-refractivity contribution < 1.29 is 4.39 Å². The van der Waals surface area contributed by atoms with Crippen LogP contribution in [0.4, 0.5) is 16.2 Å². The molecule has 2 aromatic rings. The minimum absolute atomic E-state index is 0.272. The molecule has 0 amide bonds. The molecule has 0 bridgehead atoms. The molecule has 3 N–H and O–H groups in total. The quantitative estimate of drug-likeness (QED) is 0.722. The van der Waals surface area contributed by atoms with E-state index in [-0.39, 0.29) is 5.95 Å². The van der Waals surface area contributed by atoms with Crippen molar-refractivity contribution in [1.82, 2.24) is 15.0 Å².